The Bertz CT molecular complexity index is 933. The van der Waals surface area contributed by atoms with Crippen molar-refractivity contribution in [1.29, 1.82) is 0 Å². The van der Waals surface area contributed by atoms with Crippen LogP contribution in [0.4, 0.5) is 5.82 Å². The number of rotatable bonds is 10. The van der Waals surface area contributed by atoms with E-state index in [1.165, 1.54) is 6.33 Å². The first-order chi connectivity index (χ1) is 15.0. The van der Waals surface area contributed by atoms with E-state index >= 15 is 0 Å². The van der Waals surface area contributed by atoms with Gasteiger partial charge in [0, 0.05) is 13.2 Å². The van der Waals surface area contributed by atoms with Gasteiger partial charge in [0.1, 0.15) is 24.6 Å². The smallest absolute Gasteiger partial charge is 0.756 e. The maximum Gasteiger partial charge on any atom is 1.00 e. The number of imidazole rings is 1. The Kier molecular flexibility index (Phi) is 9.49. The van der Waals surface area contributed by atoms with Crippen LogP contribution in [-0.2, 0) is 23.1 Å². The van der Waals surface area contributed by atoms with Crippen LogP contribution in [0.25, 0.3) is 11.2 Å². The number of hydrogen-bond donors (Lipinski definition) is 1. The molecular formula is C19H29N5NaO6P. The van der Waals surface area contributed by atoms with Crippen LogP contribution in [-0.4, -0.2) is 57.6 Å². The summed E-state index contributed by atoms with van der Waals surface area (Å²) in [5, 5.41) is 3.29. The molecule has 1 N–H and O–H groups in total. The van der Waals surface area contributed by atoms with Crippen LogP contribution in [0.5, 0.6) is 0 Å². The summed E-state index contributed by atoms with van der Waals surface area (Å²) in [5.41, 5.74) is 1.19. The van der Waals surface area contributed by atoms with E-state index in [0.29, 0.717) is 23.6 Å². The zero-order valence-electron chi connectivity index (χ0n) is 18.8. The number of nitrogens with one attached hydrogen (secondary N) is 1. The van der Waals surface area contributed by atoms with Crippen molar-refractivity contribution >= 4 is 24.8 Å². The third-order valence-electron chi connectivity index (χ3n) is 5.45. The number of ether oxygens (including phenoxy) is 2. The van der Waals surface area contributed by atoms with Crippen LogP contribution in [0, 0.1) is 0 Å². The van der Waals surface area contributed by atoms with Crippen molar-refractivity contribution in [2.24, 2.45) is 0 Å². The van der Waals surface area contributed by atoms with Crippen molar-refractivity contribution in [3.8, 4) is 0 Å². The van der Waals surface area contributed by atoms with Gasteiger partial charge in [0.2, 0.25) is 0 Å². The van der Waals surface area contributed by atoms with Crippen molar-refractivity contribution in [2.45, 2.75) is 70.5 Å². The molecule has 4 rings (SSSR count). The Morgan fingerprint density at radius 3 is 2.84 bits per heavy atom. The van der Waals surface area contributed by atoms with Crippen molar-refractivity contribution in [1.82, 2.24) is 19.5 Å². The number of phosphoric acid groups is 1. The molecule has 0 spiro atoms. The van der Waals surface area contributed by atoms with Crippen LogP contribution >= 0.6 is 7.82 Å². The fraction of sp³-hybridized carbons (Fsp3) is 0.737. The molecule has 0 aliphatic carbocycles. The van der Waals surface area contributed by atoms with Crippen LogP contribution in [0.1, 0.15) is 52.2 Å². The molecule has 0 amide bonds. The van der Waals surface area contributed by atoms with E-state index in [9.17, 15) is 9.46 Å². The van der Waals surface area contributed by atoms with Gasteiger partial charge in [0.05, 0.1) is 12.9 Å². The molecule has 32 heavy (non-hydrogen) atoms. The fourth-order valence-corrected chi connectivity index (χ4v) is 4.78. The summed E-state index contributed by atoms with van der Waals surface area (Å²) in [4.78, 5) is 25.1. The number of aromatic nitrogens is 4. The summed E-state index contributed by atoms with van der Waals surface area (Å²) in [5.74, 6) is 0.650. The first kappa shape index (κ1) is 26.0. The fourth-order valence-electron chi connectivity index (χ4n) is 3.84. The van der Waals surface area contributed by atoms with Gasteiger partial charge in [0.25, 0.3) is 7.82 Å². The minimum absolute atomic E-state index is 0. The van der Waals surface area contributed by atoms with Crippen molar-refractivity contribution in [3.63, 3.8) is 0 Å². The number of anilines is 1. The standard InChI is InChI=1S/C19H30N5O6P.Na/c1-3-5-7-9-27-16-15-13(10-28-31(25,26)30-15)29-19(16)24-12-23-14-17(20-8-6-4-2)21-11-22-18(14)24;/h11-13,15-16,19H,3-10H2,1-2H3,(H,25,26)(H,20,21,22);/q;+1/p-1/t13-,15-,16-,19-;/m1./s1. The normalized spacial score (nSPS) is 29.6. The van der Waals surface area contributed by atoms with E-state index in [4.69, 9.17) is 18.5 Å². The van der Waals surface area contributed by atoms with Crippen molar-refractivity contribution in [3.05, 3.63) is 12.7 Å². The van der Waals surface area contributed by atoms with Gasteiger partial charge in [-0.3, -0.25) is 9.13 Å². The number of phosphoric ester groups is 1. The molecule has 2 aromatic heterocycles. The SMILES string of the molecule is CCCCCO[C@@H]1[C@@H]2OP(=O)([O-])OC[C@H]2O[C@H]1n1cnc2c(NCCCC)ncnc21.[Na+]. The molecule has 13 heteroatoms. The molecule has 0 bridgehead atoms. The first-order valence-corrected chi connectivity index (χ1v) is 12.3. The minimum atomic E-state index is -4.38. The van der Waals surface area contributed by atoms with E-state index in [1.54, 1.807) is 10.9 Å². The molecule has 2 aromatic rings. The van der Waals surface area contributed by atoms with Gasteiger partial charge in [-0.15, -0.1) is 0 Å². The summed E-state index contributed by atoms with van der Waals surface area (Å²) in [7, 11) is -4.38. The molecular weight excluding hydrogens is 448 g/mol. The molecule has 172 valence electrons. The predicted octanol–water partition coefficient (Wildman–Crippen LogP) is -0.601. The number of unbranched alkanes of at least 4 members (excludes halogenated alkanes) is 3. The maximum atomic E-state index is 11.9. The summed E-state index contributed by atoms with van der Waals surface area (Å²) in [6.45, 7) is 5.38. The maximum absolute atomic E-state index is 11.9. The van der Waals surface area contributed by atoms with Gasteiger partial charge < -0.3 is 28.7 Å². The zero-order chi connectivity index (χ0) is 21.8. The van der Waals surface area contributed by atoms with Crippen LogP contribution in [0.2, 0.25) is 0 Å². The molecule has 1 unspecified atom stereocenters. The molecule has 2 aliphatic rings. The van der Waals surface area contributed by atoms with E-state index in [1.807, 2.05) is 0 Å². The van der Waals surface area contributed by atoms with E-state index in [2.05, 4.69) is 34.1 Å². The Labute approximate surface area is 209 Å². The van der Waals surface area contributed by atoms with Gasteiger partial charge in [-0.2, -0.15) is 0 Å². The summed E-state index contributed by atoms with van der Waals surface area (Å²) in [6.07, 6.45) is 5.45. The molecule has 4 heterocycles. The second-order valence-corrected chi connectivity index (χ2v) is 9.11. The van der Waals surface area contributed by atoms with E-state index in [0.717, 1.165) is 38.6 Å². The summed E-state index contributed by atoms with van der Waals surface area (Å²) >= 11 is 0. The second kappa shape index (κ2) is 11.7. The average Bonchev–Trinajstić information content (AvgIpc) is 3.32. The largest absolute Gasteiger partial charge is 1.00 e. The van der Waals surface area contributed by atoms with Gasteiger partial charge in [-0.05, 0) is 12.8 Å². The van der Waals surface area contributed by atoms with Gasteiger partial charge in [0.15, 0.2) is 23.2 Å². The number of fused-ring (bicyclic) bond motifs is 2. The number of nitrogens with zero attached hydrogens (tertiary/aromatic N) is 4. The molecule has 0 radical (unpaired) electrons. The van der Waals surface area contributed by atoms with Crippen molar-refractivity contribution in [2.75, 3.05) is 25.1 Å². The molecule has 0 saturated carbocycles. The summed E-state index contributed by atoms with van der Waals surface area (Å²) < 4.78 is 36.0. The van der Waals surface area contributed by atoms with E-state index in [-0.39, 0.29) is 36.2 Å². The third-order valence-corrected chi connectivity index (χ3v) is 6.41. The average molecular weight is 477 g/mol. The van der Waals surface area contributed by atoms with Gasteiger partial charge in [-0.25, -0.2) is 15.0 Å². The topological polar surface area (TPSA) is 133 Å². The zero-order valence-corrected chi connectivity index (χ0v) is 21.7. The van der Waals surface area contributed by atoms with Crippen LogP contribution in [0.3, 0.4) is 0 Å². The monoisotopic (exact) mass is 477 g/mol. The predicted molar refractivity (Wildman–Crippen MR) is 110 cm³/mol. The van der Waals surface area contributed by atoms with Gasteiger partial charge >= 0.3 is 29.6 Å². The van der Waals surface area contributed by atoms with E-state index < -0.39 is 32.4 Å². The molecule has 11 nitrogen and oxygen atoms in total. The van der Waals surface area contributed by atoms with Crippen LogP contribution in [0.15, 0.2) is 12.7 Å². The summed E-state index contributed by atoms with van der Waals surface area (Å²) in [6, 6.07) is 0. The Morgan fingerprint density at radius 1 is 1.25 bits per heavy atom. The quantitative estimate of drug-likeness (QED) is 0.269. The second-order valence-electron chi connectivity index (χ2n) is 7.75. The van der Waals surface area contributed by atoms with Crippen molar-refractivity contribution < 1.29 is 57.5 Å². The molecule has 2 aliphatic heterocycles. The molecule has 2 fully saturated rings. The van der Waals surface area contributed by atoms with Crippen LogP contribution < -0.4 is 39.8 Å². The Balaban J connectivity index is 0.00000289. The molecule has 2 saturated heterocycles. The molecule has 0 aromatic carbocycles. The molecule has 5 atom stereocenters. The third kappa shape index (κ3) is 5.71. The van der Waals surface area contributed by atoms with Gasteiger partial charge in [-0.1, -0.05) is 33.1 Å². The number of hydrogen-bond acceptors (Lipinski definition) is 10. The minimum Gasteiger partial charge on any atom is -0.756 e. The Morgan fingerprint density at radius 2 is 2.06 bits per heavy atom. The Hall–Kier alpha value is -0.620. The first-order valence-electron chi connectivity index (χ1n) is 10.9.